The van der Waals surface area contributed by atoms with Gasteiger partial charge in [0, 0.05) is 12.2 Å². The molecule has 2 N–H and O–H groups in total. The molecule has 1 atom stereocenters. The van der Waals surface area contributed by atoms with Crippen LogP contribution in [0.5, 0.6) is 5.75 Å². The maximum Gasteiger partial charge on any atom is 0.265 e. The number of carbonyl (C=O) groups excluding carboxylic acids is 1. The minimum Gasteiger partial charge on any atom is -0.480 e. The highest BCUT2D eigenvalue weighted by Gasteiger charge is 2.17. The summed E-state index contributed by atoms with van der Waals surface area (Å²) in [7, 11) is 0. The van der Waals surface area contributed by atoms with Crippen LogP contribution in [0.4, 0.5) is 5.69 Å². The molecule has 1 unspecified atom stereocenters. The van der Waals surface area contributed by atoms with Crippen molar-refractivity contribution in [2.24, 2.45) is 0 Å². The van der Waals surface area contributed by atoms with Crippen LogP contribution in [0.1, 0.15) is 25.0 Å². The van der Waals surface area contributed by atoms with Crippen LogP contribution in [-0.4, -0.2) is 18.6 Å². The molecule has 6 heteroatoms. The fraction of sp³-hybridized carbons (Fsp3) is 0.316. The Bertz CT molecular complexity index is 710. The molecule has 0 spiro atoms. The zero-order chi connectivity index (χ0) is 17.5. The third-order valence-electron chi connectivity index (χ3n) is 3.60. The molecule has 2 rings (SSSR count). The number of carbonyl (C=O) groups is 1. The monoisotopic (exact) mass is 426 g/mol. The molecule has 0 aromatic heterocycles. The highest BCUT2D eigenvalue weighted by atomic mass is 79.9. The topological polar surface area (TPSA) is 50.4 Å². The van der Waals surface area contributed by atoms with Gasteiger partial charge < -0.3 is 15.4 Å². The average molecular weight is 428 g/mol. The second-order valence-corrected chi connectivity index (χ2v) is 6.48. The Kier molecular flexibility index (Phi) is 8.97. The van der Waals surface area contributed by atoms with Gasteiger partial charge in [-0.05, 0) is 65.6 Å². The number of hydrogen-bond donors (Lipinski definition) is 2. The zero-order valence-corrected chi connectivity index (χ0v) is 17.0. The molecule has 0 saturated carbocycles. The largest absolute Gasteiger partial charge is 0.480 e. The maximum absolute atomic E-state index is 12.4. The van der Waals surface area contributed by atoms with Crippen LogP contribution in [0.15, 0.2) is 46.9 Å². The smallest absolute Gasteiger partial charge is 0.265 e. The summed E-state index contributed by atoms with van der Waals surface area (Å²) in [4.78, 5) is 12.4. The summed E-state index contributed by atoms with van der Waals surface area (Å²) >= 11 is 3.47. The lowest BCUT2D eigenvalue weighted by atomic mass is 10.1. The van der Waals surface area contributed by atoms with Crippen molar-refractivity contribution in [2.75, 3.05) is 11.9 Å². The van der Waals surface area contributed by atoms with E-state index in [2.05, 4.69) is 33.5 Å². The van der Waals surface area contributed by atoms with Crippen LogP contribution in [0.2, 0.25) is 0 Å². The number of anilines is 1. The van der Waals surface area contributed by atoms with Crippen molar-refractivity contribution in [3.8, 4) is 5.75 Å². The first kappa shape index (κ1) is 21.5. The maximum atomic E-state index is 12.4. The van der Waals surface area contributed by atoms with Crippen molar-refractivity contribution in [2.45, 2.75) is 33.4 Å². The standard InChI is InChI=1S/C19H23BrN2O2.ClH/c1-4-21-12-15-7-5-6-8-17(15)22-19(23)14(3)24-18-10-9-13(2)11-16(18)20;/h5-11,14,21H,4,12H2,1-3H3,(H,22,23);1H. The first-order chi connectivity index (χ1) is 11.5. The van der Waals surface area contributed by atoms with E-state index >= 15 is 0 Å². The number of halogens is 2. The van der Waals surface area contributed by atoms with Crippen molar-refractivity contribution >= 4 is 39.9 Å². The summed E-state index contributed by atoms with van der Waals surface area (Å²) in [5.41, 5.74) is 2.99. The number of hydrogen-bond acceptors (Lipinski definition) is 3. The highest BCUT2D eigenvalue weighted by molar-refractivity contribution is 9.10. The highest BCUT2D eigenvalue weighted by Crippen LogP contribution is 2.27. The van der Waals surface area contributed by atoms with Crippen LogP contribution in [0.25, 0.3) is 0 Å². The number of benzene rings is 2. The van der Waals surface area contributed by atoms with E-state index in [1.807, 2.05) is 49.4 Å². The lowest BCUT2D eigenvalue weighted by Gasteiger charge is -2.17. The van der Waals surface area contributed by atoms with E-state index in [1.165, 1.54) is 0 Å². The van der Waals surface area contributed by atoms with Crippen LogP contribution in [-0.2, 0) is 11.3 Å². The Morgan fingerprint density at radius 2 is 1.96 bits per heavy atom. The van der Waals surface area contributed by atoms with E-state index in [0.29, 0.717) is 12.3 Å². The van der Waals surface area contributed by atoms with Gasteiger partial charge in [0.25, 0.3) is 5.91 Å². The van der Waals surface area contributed by atoms with E-state index < -0.39 is 6.10 Å². The van der Waals surface area contributed by atoms with Crippen molar-refractivity contribution in [3.63, 3.8) is 0 Å². The Morgan fingerprint density at radius 3 is 2.64 bits per heavy atom. The van der Waals surface area contributed by atoms with Gasteiger partial charge in [0.2, 0.25) is 0 Å². The Morgan fingerprint density at radius 1 is 1.24 bits per heavy atom. The normalized spacial score (nSPS) is 11.4. The van der Waals surface area contributed by atoms with E-state index in [1.54, 1.807) is 6.92 Å². The molecule has 0 heterocycles. The molecule has 0 aliphatic heterocycles. The first-order valence-corrected chi connectivity index (χ1v) is 8.83. The Labute approximate surface area is 163 Å². The van der Waals surface area contributed by atoms with Crippen LogP contribution < -0.4 is 15.4 Å². The number of nitrogens with one attached hydrogen (secondary N) is 2. The van der Waals surface area contributed by atoms with Gasteiger partial charge in [-0.25, -0.2) is 0 Å². The number of rotatable bonds is 7. The van der Waals surface area contributed by atoms with Crippen LogP contribution in [0.3, 0.4) is 0 Å². The number of amides is 1. The fourth-order valence-electron chi connectivity index (χ4n) is 2.24. The summed E-state index contributed by atoms with van der Waals surface area (Å²) in [6.07, 6.45) is -0.601. The van der Waals surface area contributed by atoms with Crippen molar-refractivity contribution in [1.82, 2.24) is 5.32 Å². The van der Waals surface area contributed by atoms with E-state index in [0.717, 1.165) is 27.8 Å². The minimum atomic E-state index is -0.601. The molecule has 2 aromatic carbocycles. The lowest BCUT2D eigenvalue weighted by Crippen LogP contribution is -2.30. The fourth-order valence-corrected chi connectivity index (χ4v) is 2.82. The van der Waals surface area contributed by atoms with Crippen molar-refractivity contribution in [1.29, 1.82) is 0 Å². The third kappa shape index (κ3) is 6.34. The predicted octanol–water partition coefficient (Wildman–Crippen LogP) is 4.69. The van der Waals surface area contributed by atoms with Gasteiger partial charge in [-0.2, -0.15) is 0 Å². The van der Waals surface area contributed by atoms with Gasteiger partial charge in [-0.1, -0.05) is 31.2 Å². The summed E-state index contributed by atoms with van der Waals surface area (Å²) in [6, 6.07) is 13.6. The average Bonchev–Trinajstić information content (AvgIpc) is 2.56. The van der Waals surface area contributed by atoms with Gasteiger partial charge in [0.05, 0.1) is 4.47 Å². The molecule has 2 aromatic rings. The summed E-state index contributed by atoms with van der Waals surface area (Å²) in [6.45, 7) is 7.39. The van der Waals surface area contributed by atoms with Gasteiger partial charge in [0.15, 0.2) is 6.10 Å². The molecular formula is C19H24BrClN2O2. The molecule has 0 aliphatic rings. The molecule has 0 aliphatic carbocycles. The van der Waals surface area contributed by atoms with Gasteiger partial charge in [-0.15, -0.1) is 12.4 Å². The lowest BCUT2D eigenvalue weighted by molar-refractivity contribution is -0.122. The van der Waals surface area contributed by atoms with Gasteiger partial charge >= 0.3 is 0 Å². The quantitative estimate of drug-likeness (QED) is 0.673. The van der Waals surface area contributed by atoms with Crippen molar-refractivity contribution in [3.05, 3.63) is 58.1 Å². The van der Waals surface area contributed by atoms with Crippen LogP contribution >= 0.6 is 28.3 Å². The molecule has 1 amide bonds. The first-order valence-electron chi connectivity index (χ1n) is 8.03. The predicted molar refractivity (Wildman–Crippen MR) is 109 cm³/mol. The molecular weight excluding hydrogens is 404 g/mol. The molecule has 25 heavy (non-hydrogen) atoms. The Hall–Kier alpha value is -1.56. The van der Waals surface area contributed by atoms with Crippen LogP contribution in [0, 0.1) is 6.92 Å². The van der Waals surface area contributed by atoms with E-state index in [-0.39, 0.29) is 18.3 Å². The summed E-state index contributed by atoms with van der Waals surface area (Å²) < 4.78 is 6.62. The van der Waals surface area contributed by atoms with Crippen molar-refractivity contribution < 1.29 is 9.53 Å². The molecule has 0 bridgehead atoms. The summed E-state index contributed by atoms with van der Waals surface area (Å²) in [5, 5.41) is 6.22. The molecule has 0 saturated heterocycles. The molecule has 136 valence electrons. The second kappa shape index (κ2) is 10.4. The number of ether oxygens (including phenoxy) is 1. The second-order valence-electron chi connectivity index (χ2n) is 5.62. The zero-order valence-electron chi connectivity index (χ0n) is 14.6. The molecule has 0 fully saturated rings. The number of aryl methyl sites for hydroxylation is 1. The SMILES string of the molecule is CCNCc1ccccc1NC(=O)C(C)Oc1ccc(C)cc1Br.Cl. The van der Waals surface area contributed by atoms with E-state index in [9.17, 15) is 4.79 Å². The molecule has 0 radical (unpaired) electrons. The molecule has 4 nitrogen and oxygen atoms in total. The van der Waals surface area contributed by atoms with Gasteiger partial charge in [0.1, 0.15) is 5.75 Å². The van der Waals surface area contributed by atoms with E-state index in [4.69, 9.17) is 4.74 Å². The summed E-state index contributed by atoms with van der Waals surface area (Å²) in [5.74, 6) is 0.482. The number of para-hydroxylation sites is 1. The Balaban J connectivity index is 0.00000312. The third-order valence-corrected chi connectivity index (χ3v) is 4.22. The minimum absolute atomic E-state index is 0. The van der Waals surface area contributed by atoms with Gasteiger partial charge in [-0.3, -0.25) is 4.79 Å².